The third-order valence-electron chi connectivity index (χ3n) is 3.29. The molecule has 4 nitrogen and oxygen atoms in total. The highest BCUT2D eigenvalue weighted by molar-refractivity contribution is 5.89. The fourth-order valence-electron chi connectivity index (χ4n) is 2.25. The second kappa shape index (κ2) is 5.75. The molecule has 2 heterocycles. The number of aromatic amines is 1. The molecule has 3 aromatic rings. The lowest BCUT2D eigenvalue weighted by Gasteiger charge is -2.04. The Morgan fingerprint density at radius 3 is 2.95 bits per heavy atom. The Morgan fingerprint density at radius 1 is 1.24 bits per heavy atom. The minimum atomic E-state index is -0.312. The number of hydrogen-bond donors (Lipinski definition) is 2. The number of halogens is 1. The van der Waals surface area contributed by atoms with Crippen molar-refractivity contribution in [3.05, 3.63) is 65.9 Å². The Hall–Kier alpha value is -2.69. The van der Waals surface area contributed by atoms with Gasteiger partial charge >= 0.3 is 0 Å². The largest absolute Gasteiger partial charge is 0.359 e. The van der Waals surface area contributed by atoms with Crippen LogP contribution in [-0.4, -0.2) is 15.9 Å². The molecule has 0 unspecified atom stereocenters. The molecule has 0 aliphatic heterocycles. The molecule has 0 aliphatic carbocycles. The van der Waals surface area contributed by atoms with Gasteiger partial charge in [0.05, 0.1) is 24.2 Å². The van der Waals surface area contributed by atoms with E-state index in [0.29, 0.717) is 12.1 Å². The number of carbonyl (C=O) groups is 1. The molecule has 0 saturated heterocycles. The zero-order valence-corrected chi connectivity index (χ0v) is 11.3. The van der Waals surface area contributed by atoms with E-state index >= 15 is 0 Å². The Morgan fingerprint density at radius 2 is 2.14 bits per heavy atom. The van der Waals surface area contributed by atoms with Gasteiger partial charge in [-0.3, -0.25) is 9.78 Å². The molecule has 0 radical (unpaired) electrons. The van der Waals surface area contributed by atoms with Crippen LogP contribution in [0, 0.1) is 5.82 Å². The van der Waals surface area contributed by atoms with Crippen LogP contribution in [0.1, 0.15) is 11.3 Å². The van der Waals surface area contributed by atoms with Crippen molar-refractivity contribution in [2.75, 3.05) is 0 Å². The highest BCUT2D eigenvalue weighted by Crippen LogP contribution is 2.21. The topological polar surface area (TPSA) is 57.8 Å². The fourth-order valence-corrected chi connectivity index (χ4v) is 2.25. The van der Waals surface area contributed by atoms with Crippen LogP contribution in [0.3, 0.4) is 0 Å². The van der Waals surface area contributed by atoms with Crippen molar-refractivity contribution in [1.29, 1.82) is 0 Å². The van der Waals surface area contributed by atoms with Gasteiger partial charge in [-0.1, -0.05) is 18.2 Å². The molecule has 21 heavy (non-hydrogen) atoms. The van der Waals surface area contributed by atoms with Gasteiger partial charge in [0.1, 0.15) is 5.82 Å². The number of rotatable bonds is 4. The first kappa shape index (κ1) is 13.3. The van der Waals surface area contributed by atoms with Gasteiger partial charge in [-0.25, -0.2) is 4.39 Å². The molecule has 0 aliphatic rings. The molecule has 0 spiro atoms. The fraction of sp³-hybridized carbons (Fsp3) is 0.125. The molecule has 3 rings (SSSR count). The van der Waals surface area contributed by atoms with Gasteiger partial charge in [-0.2, -0.15) is 0 Å². The SMILES string of the molecule is O=C(Cc1c[nH]c2c(F)cccc12)NCc1ccccn1. The predicted octanol–water partition coefficient (Wildman–Crippen LogP) is 2.56. The number of hydrogen-bond acceptors (Lipinski definition) is 2. The van der Waals surface area contributed by atoms with Gasteiger partial charge in [-0.15, -0.1) is 0 Å². The lowest BCUT2D eigenvalue weighted by molar-refractivity contribution is -0.120. The summed E-state index contributed by atoms with van der Waals surface area (Å²) in [4.78, 5) is 19.0. The summed E-state index contributed by atoms with van der Waals surface area (Å²) in [5.41, 5.74) is 2.02. The van der Waals surface area contributed by atoms with Gasteiger partial charge in [0.2, 0.25) is 5.91 Å². The molecule has 0 fully saturated rings. The quantitative estimate of drug-likeness (QED) is 0.773. The summed E-state index contributed by atoms with van der Waals surface area (Å²) in [5.74, 6) is -0.432. The second-order valence-electron chi connectivity index (χ2n) is 4.75. The first-order valence-corrected chi connectivity index (χ1v) is 6.65. The van der Waals surface area contributed by atoms with Gasteiger partial charge in [0, 0.05) is 17.8 Å². The van der Waals surface area contributed by atoms with E-state index in [2.05, 4.69) is 15.3 Å². The molecule has 1 aromatic carbocycles. The number of para-hydroxylation sites is 1. The number of nitrogens with zero attached hydrogens (tertiary/aromatic N) is 1. The van der Waals surface area contributed by atoms with Crippen molar-refractivity contribution in [1.82, 2.24) is 15.3 Å². The lowest BCUT2D eigenvalue weighted by atomic mass is 10.1. The van der Waals surface area contributed by atoms with Crippen LogP contribution in [0.25, 0.3) is 10.9 Å². The molecule has 0 saturated carbocycles. The summed E-state index contributed by atoms with van der Waals surface area (Å²) in [6.45, 7) is 0.385. The summed E-state index contributed by atoms with van der Waals surface area (Å²) in [6, 6.07) is 10.4. The Kier molecular flexibility index (Phi) is 3.64. The average molecular weight is 283 g/mol. The molecule has 1 amide bonds. The molecule has 2 aromatic heterocycles. The number of aromatic nitrogens is 2. The Balaban J connectivity index is 1.68. The number of carbonyl (C=O) groups excluding carboxylic acids is 1. The molecule has 2 N–H and O–H groups in total. The Bertz CT molecular complexity index is 768. The van der Waals surface area contributed by atoms with Crippen molar-refractivity contribution in [3.63, 3.8) is 0 Å². The molecule has 0 bridgehead atoms. The summed E-state index contributed by atoms with van der Waals surface area (Å²) in [5, 5.41) is 3.55. The van der Waals surface area contributed by atoms with Crippen LogP contribution < -0.4 is 5.32 Å². The van der Waals surface area contributed by atoms with E-state index < -0.39 is 0 Å². The first-order chi connectivity index (χ1) is 10.2. The minimum absolute atomic E-state index is 0.120. The van der Waals surface area contributed by atoms with Crippen LogP contribution in [0.5, 0.6) is 0 Å². The second-order valence-corrected chi connectivity index (χ2v) is 4.75. The van der Waals surface area contributed by atoms with Crippen LogP contribution in [0.2, 0.25) is 0 Å². The zero-order valence-electron chi connectivity index (χ0n) is 11.3. The third kappa shape index (κ3) is 2.91. The van der Waals surface area contributed by atoms with E-state index in [9.17, 15) is 9.18 Å². The van der Waals surface area contributed by atoms with Crippen molar-refractivity contribution in [2.24, 2.45) is 0 Å². The van der Waals surface area contributed by atoms with Crippen LogP contribution >= 0.6 is 0 Å². The maximum Gasteiger partial charge on any atom is 0.224 e. The van der Waals surface area contributed by atoms with E-state index in [1.165, 1.54) is 6.07 Å². The molecule has 106 valence electrons. The van der Waals surface area contributed by atoms with Gasteiger partial charge in [0.15, 0.2) is 0 Å². The van der Waals surface area contributed by atoms with Crippen molar-refractivity contribution in [2.45, 2.75) is 13.0 Å². The monoisotopic (exact) mass is 283 g/mol. The Labute approximate surface area is 121 Å². The first-order valence-electron chi connectivity index (χ1n) is 6.65. The number of fused-ring (bicyclic) bond motifs is 1. The molecular weight excluding hydrogens is 269 g/mol. The van der Waals surface area contributed by atoms with E-state index in [1.807, 2.05) is 18.2 Å². The summed E-state index contributed by atoms with van der Waals surface area (Å²) in [7, 11) is 0. The number of pyridine rings is 1. The lowest BCUT2D eigenvalue weighted by Crippen LogP contribution is -2.24. The smallest absolute Gasteiger partial charge is 0.224 e. The summed E-state index contributed by atoms with van der Waals surface area (Å²) in [6.07, 6.45) is 3.56. The highest BCUT2D eigenvalue weighted by atomic mass is 19.1. The maximum atomic E-state index is 13.6. The standard InChI is InChI=1S/C16H14FN3O/c17-14-6-3-5-13-11(9-20-16(13)14)8-15(21)19-10-12-4-1-2-7-18-12/h1-7,9,20H,8,10H2,(H,19,21). The maximum absolute atomic E-state index is 13.6. The van der Waals surface area contributed by atoms with Crippen molar-refractivity contribution in [3.8, 4) is 0 Å². The van der Waals surface area contributed by atoms with Crippen molar-refractivity contribution >= 4 is 16.8 Å². The van der Waals surface area contributed by atoms with E-state index in [1.54, 1.807) is 24.5 Å². The number of nitrogens with one attached hydrogen (secondary N) is 2. The van der Waals surface area contributed by atoms with Crippen LogP contribution in [0.4, 0.5) is 4.39 Å². The van der Waals surface area contributed by atoms with Gasteiger partial charge in [0.25, 0.3) is 0 Å². The van der Waals surface area contributed by atoms with Gasteiger partial charge < -0.3 is 10.3 Å². The highest BCUT2D eigenvalue weighted by Gasteiger charge is 2.10. The van der Waals surface area contributed by atoms with Crippen LogP contribution in [0.15, 0.2) is 48.8 Å². The minimum Gasteiger partial charge on any atom is -0.359 e. The summed E-state index contributed by atoms with van der Waals surface area (Å²) < 4.78 is 13.6. The average Bonchev–Trinajstić information content (AvgIpc) is 2.91. The molecule has 5 heteroatoms. The van der Waals surface area contributed by atoms with E-state index in [-0.39, 0.29) is 18.1 Å². The van der Waals surface area contributed by atoms with E-state index in [0.717, 1.165) is 16.6 Å². The predicted molar refractivity (Wildman–Crippen MR) is 78.0 cm³/mol. The summed E-state index contributed by atoms with van der Waals surface area (Å²) >= 11 is 0. The van der Waals surface area contributed by atoms with E-state index in [4.69, 9.17) is 0 Å². The van der Waals surface area contributed by atoms with Gasteiger partial charge in [-0.05, 0) is 23.8 Å². The van der Waals surface area contributed by atoms with Crippen LogP contribution in [-0.2, 0) is 17.8 Å². The number of benzene rings is 1. The number of amides is 1. The molecule has 0 atom stereocenters. The third-order valence-corrected chi connectivity index (χ3v) is 3.29. The van der Waals surface area contributed by atoms with Crippen molar-refractivity contribution < 1.29 is 9.18 Å². The number of H-pyrrole nitrogens is 1. The normalized spacial score (nSPS) is 10.7. The molecular formula is C16H14FN3O. The zero-order chi connectivity index (χ0) is 14.7.